The number of amides is 4. The SMILES string of the molecule is C[C@H](NC(=O)[C@H](Cc1ccc(O)cc1)NC(=O)[C@@H]1CCCN1C(=O)[C@H](CO)NC(=O)CCC(=O)O)C(=O)O. The molecule has 208 valence electrons. The molecule has 1 heterocycles. The molecule has 4 amide bonds. The molecule has 2 rings (SSSR count). The van der Waals surface area contributed by atoms with Crippen molar-refractivity contribution in [3.05, 3.63) is 29.8 Å². The molecule has 38 heavy (non-hydrogen) atoms. The minimum Gasteiger partial charge on any atom is -0.508 e. The molecule has 0 aliphatic carbocycles. The van der Waals surface area contributed by atoms with Crippen molar-refractivity contribution < 1.29 is 49.2 Å². The van der Waals surface area contributed by atoms with Crippen LogP contribution >= 0.6 is 0 Å². The number of aromatic hydroxyl groups is 1. The van der Waals surface area contributed by atoms with Crippen molar-refractivity contribution in [2.75, 3.05) is 13.2 Å². The first kappa shape index (κ1) is 30.0. The number of nitrogens with one attached hydrogen (secondary N) is 3. The van der Waals surface area contributed by atoms with Crippen LogP contribution in [0.15, 0.2) is 24.3 Å². The lowest BCUT2D eigenvalue weighted by molar-refractivity contribution is -0.144. The van der Waals surface area contributed by atoms with E-state index in [1.165, 1.54) is 36.1 Å². The summed E-state index contributed by atoms with van der Waals surface area (Å²) in [7, 11) is 0. The van der Waals surface area contributed by atoms with Gasteiger partial charge in [-0.2, -0.15) is 0 Å². The number of phenolic OH excluding ortho intramolecular Hbond substituents is 1. The molecule has 1 aromatic rings. The van der Waals surface area contributed by atoms with E-state index in [0.717, 1.165) is 0 Å². The lowest BCUT2D eigenvalue weighted by Gasteiger charge is -2.29. The first-order valence-electron chi connectivity index (χ1n) is 12.0. The van der Waals surface area contributed by atoms with Crippen molar-refractivity contribution >= 4 is 35.6 Å². The normalized spacial score (nSPS) is 17.1. The van der Waals surface area contributed by atoms with Gasteiger partial charge in [0.05, 0.1) is 13.0 Å². The number of benzene rings is 1. The summed E-state index contributed by atoms with van der Waals surface area (Å²) in [5.74, 6) is -5.44. The van der Waals surface area contributed by atoms with E-state index in [-0.39, 0.29) is 25.1 Å². The summed E-state index contributed by atoms with van der Waals surface area (Å²) in [4.78, 5) is 74.0. The molecule has 0 saturated carbocycles. The number of rotatable bonds is 13. The Labute approximate surface area is 218 Å². The van der Waals surface area contributed by atoms with Gasteiger partial charge in [-0.1, -0.05) is 12.1 Å². The number of carboxylic acids is 2. The van der Waals surface area contributed by atoms with Crippen LogP contribution in [0.2, 0.25) is 0 Å². The van der Waals surface area contributed by atoms with Crippen molar-refractivity contribution in [3.63, 3.8) is 0 Å². The fourth-order valence-corrected chi connectivity index (χ4v) is 3.90. The smallest absolute Gasteiger partial charge is 0.325 e. The van der Waals surface area contributed by atoms with Crippen LogP contribution in [0, 0.1) is 0 Å². The van der Waals surface area contributed by atoms with Gasteiger partial charge in [-0.15, -0.1) is 0 Å². The van der Waals surface area contributed by atoms with E-state index in [9.17, 15) is 39.0 Å². The molecule has 14 nitrogen and oxygen atoms in total. The molecule has 4 atom stereocenters. The summed E-state index contributed by atoms with van der Waals surface area (Å²) in [6.45, 7) is 0.627. The van der Waals surface area contributed by atoms with Crippen LogP contribution < -0.4 is 16.0 Å². The van der Waals surface area contributed by atoms with Crippen LogP contribution in [-0.4, -0.2) is 98.2 Å². The Bertz CT molecular complexity index is 1050. The number of nitrogens with zero attached hydrogens (tertiary/aromatic N) is 1. The molecule has 1 saturated heterocycles. The van der Waals surface area contributed by atoms with Gasteiger partial charge in [0.15, 0.2) is 0 Å². The van der Waals surface area contributed by atoms with E-state index < -0.39 is 79.2 Å². The number of carbonyl (C=O) groups is 6. The zero-order valence-electron chi connectivity index (χ0n) is 20.8. The molecule has 0 radical (unpaired) electrons. The van der Waals surface area contributed by atoms with Crippen LogP contribution in [0.4, 0.5) is 0 Å². The largest absolute Gasteiger partial charge is 0.508 e. The van der Waals surface area contributed by atoms with E-state index in [1.807, 2.05) is 0 Å². The number of carboxylic acid groups (broad SMARTS) is 2. The van der Waals surface area contributed by atoms with E-state index in [1.54, 1.807) is 0 Å². The van der Waals surface area contributed by atoms with Crippen LogP contribution in [0.25, 0.3) is 0 Å². The van der Waals surface area contributed by atoms with Gasteiger partial charge in [0.25, 0.3) is 0 Å². The second kappa shape index (κ2) is 13.9. The standard InChI is InChI=1S/C24H32N4O10/c1-13(24(37)38)25-21(34)16(11-14-4-6-15(30)7-5-14)27-22(35)18-3-2-10-28(18)23(36)17(12-29)26-19(31)8-9-20(32)33/h4-7,13,16-18,29-30H,2-3,8-12H2,1H3,(H,25,34)(H,26,31)(H,27,35)(H,32,33)(H,37,38)/t13-,16-,17-,18-/m0/s1. The predicted molar refractivity (Wildman–Crippen MR) is 130 cm³/mol. The van der Waals surface area contributed by atoms with E-state index >= 15 is 0 Å². The lowest BCUT2D eigenvalue weighted by atomic mass is 10.0. The Balaban J connectivity index is 2.15. The number of carbonyl (C=O) groups excluding carboxylic acids is 4. The highest BCUT2D eigenvalue weighted by Gasteiger charge is 2.39. The number of aliphatic carboxylic acids is 2. The van der Waals surface area contributed by atoms with Gasteiger partial charge in [-0.05, 0) is 37.5 Å². The number of likely N-dealkylation sites (tertiary alicyclic amines) is 1. The molecular formula is C24H32N4O10. The molecule has 1 aromatic carbocycles. The molecule has 0 unspecified atom stereocenters. The zero-order valence-corrected chi connectivity index (χ0v) is 20.8. The minimum absolute atomic E-state index is 0.00751. The highest BCUT2D eigenvalue weighted by molar-refractivity contribution is 5.95. The maximum Gasteiger partial charge on any atom is 0.325 e. The molecule has 14 heteroatoms. The highest BCUT2D eigenvalue weighted by Crippen LogP contribution is 2.19. The summed E-state index contributed by atoms with van der Waals surface area (Å²) < 4.78 is 0. The summed E-state index contributed by atoms with van der Waals surface area (Å²) in [5.41, 5.74) is 0.565. The van der Waals surface area contributed by atoms with Gasteiger partial charge in [-0.3, -0.25) is 28.8 Å². The Hall–Kier alpha value is -4.20. The third-order valence-electron chi connectivity index (χ3n) is 5.96. The van der Waals surface area contributed by atoms with Gasteiger partial charge in [0.2, 0.25) is 23.6 Å². The van der Waals surface area contributed by atoms with E-state index in [2.05, 4.69) is 16.0 Å². The predicted octanol–water partition coefficient (Wildman–Crippen LogP) is -1.66. The average Bonchev–Trinajstić information content (AvgIpc) is 3.36. The topological polar surface area (TPSA) is 223 Å². The van der Waals surface area contributed by atoms with Gasteiger partial charge >= 0.3 is 11.9 Å². The highest BCUT2D eigenvalue weighted by atomic mass is 16.4. The monoisotopic (exact) mass is 536 g/mol. The Morgan fingerprint density at radius 3 is 2.21 bits per heavy atom. The maximum absolute atomic E-state index is 13.2. The van der Waals surface area contributed by atoms with Crippen LogP contribution in [0.1, 0.15) is 38.2 Å². The molecule has 1 fully saturated rings. The maximum atomic E-state index is 13.2. The molecule has 0 aromatic heterocycles. The number of aliphatic hydroxyl groups excluding tert-OH is 1. The summed E-state index contributed by atoms with van der Waals surface area (Å²) in [6, 6.07) is 0.986. The molecular weight excluding hydrogens is 504 g/mol. The van der Waals surface area contributed by atoms with Crippen molar-refractivity contribution in [2.24, 2.45) is 0 Å². The second-order valence-electron chi connectivity index (χ2n) is 8.89. The van der Waals surface area contributed by atoms with E-state index in [4.69, 9.17) is 10.2 Å². The summed E-state index contributed by atoms with van der Waals surface area (Å²) in [6.07, 6.45) is -0.227. The fourth-order valence-electron chi connectivity index (χ4n) is 3.90. The zero-order chi connectivity index (χ0) is 28.4. The van der Waals surface area contributed by atoms with Gasteiger partial charge < -0.3 is 41.3 Å². The molecule has 0 spiro atoms. The van der Waals surface area contributed by atoms with Gasteiger partial charge in [0.1, 0.15) is 29.9 Å². The summed E-state index contributed by atoms with van der Waals surface area (Å²) >= 11 is 0. The number of phenols is 1. The third-order valence-corrected chi connectivity index (χ3v) is 5.96. The average molecular weight is 537 g/mol. The molecule has 1 aliphatic heterocycles. The van der Waals surface area contributed by atoms with Gasteiger partial charge in [-0.25, -0.2) is 0 Å². The van der Waals surface area contributed by atoms with Crippen LogP contribution in [0.5, 0.6) is 5.75 Å². The Morgan fingerprint density at radius 2 is 1.63 bits per heavy atom. The number of hydrogen-bond donors (Lipinski definition) is 7. The Morgan fingerprint density at radius 1 is 0.974 bits per heavy atom. The van der Waals surface area contributed by atoms with Crippen LogP contribution in [0.3, 0.4) is 0 Å². The van der Waals surface area contributed by atoms with Crippen molar-refractivity contribution in [2.45, 2.75) is 63.2 Å². The first-order chi connectivity index (χ1) is 17.9. The van der Waals surface area contributed by atoms with Gasteiger partial charge in [0, 0.05) is 19.4 Å². The van der Waals surface area contributed by atoms with Crippen molar-refractivity contribution in [1.82, 2.24) is 20.9 Å². The second-order valence-corrected chi connectivity index (χ2v) is 8.89. The van der Waals surface area contributed by atoms with Crippen molar-refractivity contribution in [1.29, 1.82) is 0 Å². The molecule has 1 aliphatic rings. The van der Waals surface area contributed by atoms with Crippen LogP contribution in [-0.2, 0) is 35.2 Å². The third kappa shape index (κ3) is 8.73. The fraction of sp³-hybridized carbons (Fsp3) is 0.500. The minimum atomic E-state index is -1.39. The number of aliphatic hydroxyl groups is 1. The summed E-state index contributed by atoms with van der Waals surface area (Å²) in [5, 5.41) is 44.1. The molecule has 0 bridgehead atoms. The number of hydrogen-bond acceptors (Lipinski definition) is 8. The van der Waals surface area contributed by atoms with E-state index in [0.29, 0.717) is 12.0 Å². The Kier molecular flexibility index (Phi) is 11.0. The molecule has 7 N–H and O–H groups in total. The first-order valence-corrected chi connectivity index (χ1v) is 12.0. The van der Waals surface area contributed by atoms with Crippen molar-refractivity contribution in [3.8, 4) is 5.75 Å². The quantitative estimate of drug-likeness (QED) is 0.152. The lowest BCUT2D eigenvalue weighted by Crippen LogP contribution is -2.58.